The van der Waals surface area contributed by atoms with Crippen LogP contribution in [0.4, 0.5) is 23.4 Å². The monoisotopic (exact) mass is 401 g/mol. The molecule has 0 bridgehead atoms. The highest BCUT2D eigenvalue weighted by Crippen LogP contribution is 2.38. The minimum absolute atomic E-state index is 0.171. The van der Waals surface area contributed by atoms with Gasteiger partial charge in [0.2, 0.25) is 0 Å². The maximum atomic E-state index is 14.1. The molecule has 144 valence electrons. The van der Waals surface area contributed by atoms with Crippen LogP contribution in [0, 0.1) is 11.2 Å². The predicted molar refractivity (Wildman–Crippen MR) is 93.0 cm³/mol. The molecule has 0 aliphatic heterocycles. The first-order chi connectivity index (χ1) is 12.5. The van der Waals surface area contributed by atoms with Crippen LogP contribution in [-0.4, -0.2) is 19.6 Å². The molecule has 0 amide bonds. The number of nitrogens with zero attached hydrogens (tertiary/aromatic N) is 4. The molecule has 0 radical (unpaired) electrons. The highest BCUT2D eigenvalue weighted by atomic mass is 35.5. The maximum absolute atomic E-state index is 14.1. The first-order valence-electron chi connectivity index (χ1n) is 7.96. The van der Waals surface area contributed by atoms with E-state index in [1.54, 1.807) is 0 Å². The molecule has 2 aromatic heterocycles. The van der Waals surface area contributed by atoms with Crippen LogP contribution >= 0.6 is 11.6 Å². The van der Waals surface area contributed by atoms with Gasteiger partial charge >= 0.3 is 6.18 Å². The fourth-order valence-corrected chi connectivity index (χ4v) is 2.95. The van der Waals surface area contributed by atoms with Gasteiger partial charge in [-0.15, -0.1) is 0 Å². The molecule has 0 aliphatic rings. The average Bonchev–Trinajstić information content (AvgIpc) is 2.98. The summed E-state index contributed by atoms with van der Waals surface area (Å²) in [5.74, 6) is -0.631. The van der Waals surface area contributed by atoms with Crippen molar-refractivity contribution in [1.29, 1.82) is 0 Å². The van der Waals surface area contributed by atoms with E-state index in [2.05, 4.69) is 20.4 Å². The van der Waals surface area contributed by atoms with E-state index in [1.807, 2.05) is 20.8 Å². The van der Waals surface area contributed by atoms with Crippen LogP contribution < -0.4 is 5.32 Å². The van der Waals surface area contributed by atoms with Gasteiger partial charge in [0.05, 0.1) is 11.6 Å². The zero-order valence-electron chi connectivity index (χ0n) is 14.6. The number of halogens is 5. The average molecular weight is 402 g/mol. The summed E-state index contributed by atoms with van der Waals surface area (Å²) in [6.07, 6.45) is -3.45. The molecule has 3 rings (SSSR count). The summed E-state index contributed by atoms with van der Waals surface area (Å²) in [5, 5.41) is 7.40. The minimum Gasteiger partial charge on any atom is -0.362 e. The van der Waals surface area contributed by atoms with Crippen molar-refractivity contribution in [3.63, 3.8) is 0 Å². The first kappa shape index (κ1) is 19.3. The number of benzene rings is 1. The predicted octanol–water partition coefficient (Wildman–Crippen LogP) is 5.13. The second-order valence-corrected chi connectivity index (χ2v) is 7.50. The Kier molecular flexibility index (Phi) is 4.75. The molecule has 27 heavy (non-hydrogen) atoms. The second kappa shape index (κ2) is 6.63. The van der Waals surface area contributed by atoms with Gasteiger partial charge in [0.1, 0.15) is 23.1 Å². The summed E-state index contributed by atoms with van der Waals surface area (Å²) in [4.78, 5) is 7.99. The lowest BCUT2D eigenvalue weighted by Gasteiger charge is -2.33. The lowest BCUT2D eigenvalue weighted by atomic mass is 9.82. The molecule has 1 aromatic carbocycles. The Hall–Kier alpha value is -2.42. The van der Waals surface area contributed by atoms with Gasteiger partial charge in [-0.2, -0.15) is 32.8 Å². The van der Waals surface area contributed by atoms with Crippen molar-refractivity contribution in [3.05, 3.63) is 52.7 Å². The Bertz CT molecular complexity index is 978. The van der Waals surface area contributed by atoms with Crippen LogP contribution in [0.3, 0.4) is 0 Å². The van der Waals surface area contributed by atoms with Crippen LogP contribution in [0.25, 0.3) is 5.78 Å². The SMILES string of the molecule is CC(C)(C)C(Nc1cc(Cl)nc2ncnn12)c1ccc(C(F)(F)F)c(F)c1. The third-order valence-electron chi connectivity index (χ3n) is 4.01. The van der Waals surface area contributed by atoms with Gasteiger partial charge in [0.25, 0.3) is 5.78 Å². The van der Waals surface area contributed by atoms with Crippen LogP contribution in [0.15, 0.2) is 30.6 Å². The number of hydrogen-bond donors (Lipinski definition) is 1. The minimum atomic E-state index is -4.75. The van der Waals surface area contributed by atoms with E-state index >= 15 is 0 Å². The van der Waals surface area contributed by atoms with E-state index in [0.717, 1.165) is 12.1 Å². The number of anilines is 1. The number of hydrogen-bond acceptors (Lipinski definition) is 4. The third kappa shape index (κ3) is 3.97. The van der Waals surface area contributed by atoms with Gasteiger partial charge in [-0.05, 0) is 23.1 Å². The molecule has 3 aromatic rings. The van der Waals surface area contributed by atoms with E-state index < -0.39 is 29.0 Å². The third-order valence-corrected chi connectivity index (χ3v) is 4.20. The van der Waals surface area contributed by atoms with Gasteiger partial charge in [-0.3, -0.25) is 0 Å². The van der Waals surface area contributed by atoms with Gasteiger partial charge in [0, 0.05) is 6.07 Å². The van der Waals surface area contributed by atoms with Crippen LogP contribution in [0.2, 0.25) is 5.15 Å². The van der Waals surface area contributed by atoms with Crippen LogP contribution in [0.1, 0.15) is 37.9 Å². The molecular formula is C17H16ClF4N5. The number of rotatable bonds is 3. The topological polar surface area (TPSA) is 55.1 Å². The summed E-state index contributed by atoms with van der Waals surface area (Å²) in [5.41, 5.74) is -1.42. The molecule has 0 saturated heterocycles. The Balaban J connectivity index is 2.05. The molecule has 10 heteroatoms. The number of fused-ring (bicyclic) bond motifs is 1. The van der Waals surface area contributed by atoms with E-state index in [4.69, 9.17) is 11.6 Å². The normalized spacial score (nSPS) is 13.8. The highest BCUT2D eigenvalue weighted by molar-refractivity contribution is 6.29. The Morgan fingerprint density at radius 3 is 2.44 bits per heavy atom. The molecule has 0 fully saturated rings. The van der Waals surface area contributed by atoms with Crippen LogP contribution in [-0.2, 0) is 6.18 Å². The summed E-state index contributed by atoms with van der Waals surface area (Å²) >= 11 is 6.00. The van der Waals surface area contributed by atoms with Crippen molar-refractivity contribution in [2.24, 2.45) is 5.41 Å². The van der Waals surface area contributed by atoms with E-state index in [1.165, 1.54) is 23.0 Å². The molecular weight excluding hydrogens is 386 g/mol. The summed E-state index contributed by atoms with van der Waals surface area (Å²) < 4.78 is 54.1. The number of alkyl halides is 3. The van der Waals surface area contributed by atoms with Crippen molar-refractivity contribution >= 4 is 23.2 Å². The largest absolute Gasteiger partial charge is 0.419 e. The van der Waals surface area contributed by atoms with Crippen LogP contribution in [0.5, 0.6) is 0 Å². The zero-order valence-corrected chi connectivity index (χ0v) is 15.4. The summed E-state index contributed by atoms with van der Waals surface area (Å²) in [6.45, 7) is 5.63. The first-order valence-corrected chi connectivity index (χ1v) is 8.34. The molecule has 1 N–H and O–H groups in total. The Morgan fingerprint density at radius 1 is 1.15 bits per heavy atom. The van der Waals surface area contributed by atoms with Crippen molar-refractivity contribution in [2.45, 2.75) is 33.0 Å². The standard InChI is InChI=1S/C17H16ClF4N5/c1-16(2,3)14(9-4-5-10(11(19)6-9)17(20,21)22)26-13-7-12(18)25-15-23-8-24-27(13)15/h4-8,14,26H,1-3H3. The molecule has 0 saturated carbocycles. The zero-order chi connectivity index (χ0) is 20.0. The van der Waals surface area contributed by atoms with E-state index in [9.17, 15) is 17.6 Å². The quantitative estimate of drug-likeness (QED) is 0.488. The van der Waals surface area contributed by atoms with Crippen molar-refractivity contribution in [2.75, 3.05) is 5.32 Å². The van der Waals surface area contributed by atoms with Crippen molar-refractivity contribution in [1.82, 2.24) is 19.6 Å². The lowest BCUT2D eigenvalue weighted by Crippen LogP contribution is -2.27. The Morgan fingerprint density at radius 2 is 1.85 bits per heavy atom. The Labute approximate surface area is 157 Å². The second-order valence-electron chi connectivity index (χ2n) is 7.12. The number of aromatic nitrogens is 4. The van der Waals surface area contributed by atoms with E-state index in [0.29, 0.717) is 11.4 Å². The fraction of sp³-hybridized carbons (Fsp3) is 0.353. The maximum Gasteiger partial charge on any atom is 0.419 e. The van der Waals surface area contributed by atoms with E-state index in [-0.39, 0.29) is 10.9 Å². The summed E-state index contributed by atoms with van der Waals surface area (Å²) in [7, 11) is 0. The fourth-order valence-electron chi connectivity index (χ4n) is 2.77. The molecule has 0 spiro atoms. The lowest BCUT2D eigenvalue weighted by molar-refractivity contribution is -0.140. The van der Waals surface area contributed by atoms with Crippen molar-refractivity contribution < 1.29 is 17.6 Å². The molecule has 5 nitrogen and oxygen atoms in total. The summed E-state index contributed by atoms with van der Waals surface area (Å²) in [6, 6.07) is 3.88. The van der Waals surface area contributed by atoms with Gasteiger partial charge in [-0.1, -0.05) is 38.4 Å². The van der Waals surface area contributed by atoms with Gasteiger partial charge in [0.15, 0.2) is 0 Å². The number of nitrogens with one attached hydrogen (secondary N) is 1. The van der Waals surface area contributed by atoms with Gasteiger partial charge in [-0.25, -0.2) is 4.39 Å². The van der Waals surface area contributed by atoms with Crippen molar-refractivity contribution in [3.8, 4) is 0 Å². The molecule has 1 atom stereocenters. The molecule has 2 heterocycles. The smallest absolute Gasteiger partial charge is 0.362 e. The molecule has 0 aliphatic carbocycles. The molecule has 1 unspecified atom stereocenters. The highest BCUT2D eigenvalue weighted by Gasteiger charge is 2.35. The van der Waals surface area contributed by atoms with Gasteiger partial charge < -0.3 is 5.32 Å².